The van der Waals surface area contributed by atoms with Gasteiger partial charge in [0.2, 0.25) is 0 Å². The molecule has 0 aliphatic heterocycles. The second-order valence-corrected chi connectivity index (χ2v) is 6.23. The minimum Gasteiger partial charge on any atom is -0.329 e. The van der Waals surface area contributed by atoms with E-state index >= 15 is 0 Å². The fourth-order valence-corrected chi connectivity index (χ4v) is 3.67. The standard InChI is InChI=1S/C15H30N2/c16-13-15(11-7-2-1-3-8-12-15)17-14-9-5-4-6-10-14/h14,17H,1-13,16H2. The average molecular weight is 238 g/mol. The van der Waals surface area contributed by atoms with Gasteiger partial charge in [0.25, 0.3) is 0 Å². The predicted octanol–water partition coefficient (Wildman–Crippen LogP) is 3.35. The molecule has 0 bridgehead atoms. The van der Waals surface area contributed by atoms with Gasteiger partial charge >= 0.3 is 0 Å². The van der Waals surface area contributed by atoms with Gasteiger partial charge in [-0.3, -0.25) is 0 Å². The Bertz CT molecular complexity index is 201. The Balaban J connectivity index is 1.90. The summed E-state index contributed by atoms with van der Waals surface area (Å²) in [4.78, 5) is 0. The quantitative estimate of drug-likeness (QED) is 0.791. The molecular weight excluding hydrogens is 208 g/mol. The Morgan fingerprint density at radius 1 is 0.824 bits per heavy atom. The summed E-state index contributed by atoms with van der Waals surface area (Å²) in [5.74, 6) is 0. The van der Waals surface area contributed by atoms with Gasteiger partial charge in [0.05, 0.1) is 0 Å². The molecule has 0 aromatic heterocycles. The van der Waals surface area contributed by atoms with E-state index in [0.717, 1.165) is 12.6 Å². The summed E-state index contributed by atoms with van der Waals surface area (Å²) in [5.41, 5.74) is 6.39. The van der Waals surface area contributed by atoms with Crippen LogP contribution in [0.2, 0.25) is 0 Å². The minimum atomic E-state index is 0.280. The summed E-state index contributed by atoms with van der Waals surface area (Å²) in [7, 11) is 0. The Morgan fingerprint density at radius 2 is 1.35 bits per heavy atom. The van der Waals surface area contributed by atoms with Crippen molar-refractivity contribution in [2.24, 2.45) is 5.73 Å². The van der Waals surface area contributed by atoms with Crippen molar-refractivity contribution in [3.8, 4) is 0 Å². The zero-order chi connectivity index (χ0) is 12.0. The molecule has 0 aromatic carbocycles. The number of hydrogen-bond donors (Lipinski definition) is 2. The maximum atomic E-state index is 6.11. The highest BCUT2D eigenvalue weighted by Crippen LogP contribution is 2.28. The fourth-order valence-electron chi connectivity index (χ4n) is 3.67. The van der Waals surface area contributed by atoms with E-state index in [-0.39, 0.29) is 5.54 Å². The van der Waals surface area contributed by atoms with Gasteiger partial charge in [-0.25, -0.2) is 0 Å². The first-order chi connectivity index (χ1) is 8.35. The molecule has 0 aromatic rings. The molecule has 0 radical (unpaired) electrons. The maximum absolute atomic E-state index is 6.11. The SMILES string of the molecule is NCC1(NC2CCCCC2)CCCCCCC1. The molecule has 0 spiro atoms. The van der Waals surface area contributed by atoms with Gasteiger partial charge in [-0.1, -0.05) is 51.4 Å². The van der Waals surface area contributed by atoms with Gasteiger partial charge in [0.1, 0.15) is 0 Å². The Kier molecular flexibility index (Phi) is 5.30. The van der Waals surface area contributed by atoms with Crippen LogP contribution in [0.25, 0.3) is 0 Å². The van der Waals surface area contributed by atoms with Crippen molar-refractivity contribution in [1.82, 2.24) is 5.32 Å². The van der Waals surface area contributed by atoms with Crippen molar-refractivity contribution in [3.63, 3.8) is 0 Å². The van der Waals surface area contributed by atoms with Crippen LogP contribution in [-0.2, 0) is 0 Å². The molecule has 0 unspecified atom stereocenters. The van der Waals surface area contributed by atoms with Gasteiger partial charge < -0.3 is 11.1 Å². The van der Waals surface area contributed by atoms with E-state index in [9.17, 15) is 0 Å². The first-order valence-corrected chi connectivity index (χ1v) is 7.82. The van der Waals surface area contributed by atoms with Crippen LogP contribution < -0.4 is 11.1 Å². The van der Waals surface area contributed by atoms with Crippen molar-refractivity contribution in [2.75, 3.05) is 6.54 Å². The fraction of sp³-hybridized carbons (Fsp3) is 1.00. The second-order valence-electron chi connectivity index (χ2n) is 6.23. The van der Waals surface area contributed by atoms with Crippen molar-refractivity contribution < 1.29 is 0 Å². The summed E-state index contributed by atoms with van der Waals surface area (Å²) < 4.78 is 0. The van der Waals surface area contributed by atoms with Gasteiger partial charge in [-0.05, 0) is 25.7 Å². The van der Waals surface area contributed by atoms with Crippen molar-refractivity contribution in [3.05, 3.63) is 0 Å². The van der Waals surface area contributed by atoms with E-state index in [4.69, 9.17) is 5.73 Å². The molecule has 2 rings (SSSR count). The second kappa shape index (κ2) is 6.75. The van der Waals surface area contributed by atoms with Crippen LogP contribution in [0.3, 0.4) is 0 Å². The van der Waals surface area contributed by atoms with Crippen LogP contribution in [0.5, 0.6) is 0 Å². The van der Waals surface area contributed by atoms with Crippen LogP contribution in [0.15, 0.2) is 0 Å². The van der Waals surface area contributed by atoms with Crippen molar-refractivity contribution in [1.29, 1.82) is 0 Å². The molecule has 0 heterocycles. The first-order valence-electron chi connectivity index (χ1n) is 7.82. The molecule has 17 heavy (non-hydrogen) atoms. The number of nitrogens with one attached hydrogen (secondary N) is 1. The van der Waals surface area contributed by atoms with E-state index in [1.807, 2.05) is 0 Å². The maximum Gasteiger partial charge on any atom is 0.0306 e. The highest BCUT2D eigenvalue weighted by Gasteiger charge is 2.31. The lowest BCUT2D eigenvalue weighted by atomic mass is 9.82. The molecule has 3 N–H and O–H groups in total. The minimum absolute atomic E-state index is 0.280. The summed E-state index contributed by atoms with van der Waals surface area (Å²) in [6.45, 7) is 0.837. The molecule has 0 atom stereocenters. The lowest BCUT2D eigenvalue weighted by Gasteiger charge is -2.40. The first kappa shape index (κ1) is 13.4. The smallest absolute Gasteiger partial charge is 0.0306 e. The number of nitrogens with two attached hydrogens (primary N) is 1. The third-order valence-corrected chi connectivity index (χ3v) is 4.82. The summed E-state index contributed by atoms with van der Waals surface area (Å²) in [6, 6.07) is 0.756. The zero-order valence-corrected chi connectivity index (χ0v) is 11.3. The number of rotatable bonds is 3. The van der Waals surface area contributed by atoms with Crippen LogP contribution in [0.4, 0.5) is 0 Å². The summed E-state index contributed by atoms with van der Waals surface area (Å²) in [6.07, 6.45) is 16.6. The molecule has 0 saturated heterocycles. The molecule has 2 nitrogen and oxygen atoms in total. The molecule has 2 aliphatic rings. The topological polar surface area (TPSA) is 38.0 Å². The van der Waals surface area contributed by atoms with Crippen LogP contribution in [0, 0.1) is 0 Å². The Morgan fingerprint density at radius 3 is 1.94 bits per heavy atom. The normalized spacial score (nSPS) is 27.4. The lowest BCUT2D eigenvalue weighted by Crippen LogP contribution is -2.55. The van der Waals surface area contributed by atoms with Gasteiger partial charge in [-0.2, -0.15) is 0 Å². The van der Waals surface area contributed by atoms with E-state index in [1.54, 1.807) is 0 Å². The molecule has 0 amide bonds. The third-order valence-electron chi connectivity index (χ3n) is 4.82. The molecule has 2 heteroatoms. The van der Waals surface area contributed by atoms with Crippen LogP contribution in [0.1, 0.15) is 77.0 Å². The predicted molar refractivity (Wildman–Crippen MR) is 74.1 cm³/mol. The Labute approximate surface area is 107 Å². The molecule has 2 aliphatic carbocycles. The van der Waals surface area contributed by atoms with Gasteiger partial charge in [0.15, 0.2) is 0 Å². The summed E-state index contributed by atoms with van der Waals surface area (Å²) >= 11 is 0. The average Bonchev–Trinajstić information content (AvgIpc) is 2.34. The van der Waals surface area contributed by atoms with E-state index in [0.29, 0.717) is 0 Å². The van der Waals surface area contributed by atoms with Gasteiger partial charge in [0, 0.05) is 18.1 Å². The number of hydrogen-bond acceptors (Lipinski definition) is 2. The van der Waals surface area contributed by atoms with Gasteiger partial charge in [-0.15, -0.1) is 0 Å². The van der Waals surface area contributed by atoms with E-state index in [1.165, 1.54) is 77.0 Å². The largest absolute Gasteiger partial charge is 0.329 e. The molecular formula is C15H30N2. The van der Waals surface area contributed by atoms with E-state index in [2.05, 4.69) is 5.32 Å². The highest BCUT2D eigenvalue weighted by molar-refractivity contribution is 4.93. The molecule has 2 saturated carbocycles. The Hall–Kier alpha value is -0.0800. The zero-order valence-electron chi connectivity index (χ0n) is 11.3. The highest BCUT2D eigenvalue weighted by atomic mass is 15.0. The van der Waals surface area contributed by atoms with Crippen molar-refractivity contribution in [2.45, 2.75) is 88.6 Å². The van der Waals surface area contributed by atoms with Crippen LogP contribution in [-0.4, -0.2) is 18.1 Å². The molecule has 100 valence electrons. The van der Waals surface area contributed by atoms with Crippen LogP contribution >= 0.6 is 0 Å². The van der Waals surface area contributed by atoms with Crippen molar-refractivity contribution >= 4 is 0 Å². The summed E-state index contributed by atoms with van der Waals surface area (Å²) in [5, 5.41) is 3.96. The van der Waals surface area contributed by atoms with E-state index < -0.39 is 0 Å². The lowest BCUT2D eigenvalue weighted by molar-refractivity contribution is 0.206. The third kappa shape index (κ3) is 3.96. The molecule has 2 fully saturated rings. The monoisotopic (exact) mass is 238 g/mol.